The van der Waals surface area contributed by atoms with Crippen LogP contribution in [0.15, 0.2) is 71.8 Å². The summed E-state index contributed by atoms with van der Waals surface area (Å²) in [4.78, 5) is 0. The summed E-state index contributed by atoms with van der Waals surface area (Å²) in [6.45, 7) is 13.4. The summed E-state index contributed by atoms with van der Waals surface area (Å²) in [6, 6.07) is 17.1. The number of benzene rings is 2. The van der Waals surface area contributed by atoms with E-state index in [1.54, 1.807) is 0 Å². The molecule has 0 atom stereocenters. The first-order valence-electron chi connectivity index (χ1n) is 35.2. The van der Waals surface area contributed by atoms with E-state index in [0.717, 1.165) is 48.2 Å². The Labute approximate surface area is 500 Å². The van der Waals surface area contributed by atoms with Crippen LogP contribution in [0, 0.1) is 13.8 Å². The van der Waals surface area contributed by atoms with E-state index in [1.807, 2.05) is 14.4 Å². The molecule has 0 amide bonds. The molecule has 1 aliphatic rings. The van der Waals surface area contributed by atoms with E-state index in [2.05, 4.69) is 102 Å². The van der Waals surface area contributed by atoms with E-state index >= 15 is 0 Å². The van der Waals surface area contributed by atoms with Crippen molar-refractivity contribution in [1.82, 2.24) is 0 Å². The third-order valence-electron chi connectivity index (χ3n) is 16.8. The zero-order valence-corrected chi connectivity index (χ0v) is 54.7. The van der Waals surface area contributed by atoms with Crippen LogP contribution in [0.2, 0.25) is 10.8 Å². The minimum Gasteiger partial charge on any atom is -0.0654 e. The molecular weight excluding hydrogens is 1000 g/mol. The average Bonchev–Trinajstić information content (AvgIpc) is 3.99. The van der Waals surface area contributed by atoms with E-state index in [9.17, 15) is 5.53 Å². The van der Waals surface area contributed by atoms with Gasteiger partial charge in [-0.25, -0.2) is 4.70 Å². The first-order chi connectivity index (χ1) is 39.0. The van der Waals surface area contributed by atoms with Gasteiger partial charge in [-0.2, -0.15) is 0 Å². The van der Waals surface area contributed by atoms with Gasteiger partial charge in [0, 0.05) is 16.7 Å². The molecule has 1 aliphatic heterocycles. The van der Waals surface area contributed by atoms with Crippen LogP contribution in [0.25, 0.3) is 16.9 Å². The van der Waals surface area contributed by atoms with Crippen LogP contribution in [0.5, 0.6) is 0 Å². The number of rotatable bonds is 55. The second kappa shape index (κ2) is 55.0. The number of hydrogen-bond donors (Lipinski definition) is 0. The van der Waals surface area contributed by atoms with Crippen LogP contribution >= 0.6 is 0 Å². The van der Waals surface area contributed by atoms with Crippen molar-refractivity contribution in [3.8, 4) is 0 Å². The predicted octanol–water partition coefficient (Wildman–Crippen LogP) is 27.5. The Morgan fingerprint density at radius 3 is 0.962 bits per heavy atom. The second-order valence-corrected chi connectivity index (χ2v) is 26.1. The Kier molecular flexibility index (Phi) is 50.7. The smallest absolute Gasteiger partial charge is 0.0654 e. The summed E-state index contributed by atoms with van der Waals surface area (Å²) in [5, 5.41) is 2.87. The van der Waals surface area contributed by atoms with Crippen LogP contribution in [0.4, 0.5) is 0 Å². The molecule has 3 rings (SSSR count). The van der Waals surface area contributed by atoms with Gasteiger partial charge in [0.1, 0.15) is 0 Å². The molecule has 79 heavy (non-hydrogen) atoms. The van der Waals surface area contributed by atoms with E-state index < -0.39 is 0 Å². The van der Waals surface area contributed by atoms with Gasteiger partial charge < -0.3 is 5.53 Å². The van der Waals surface area contributed by atoms with Gasteiger partial charge in [0.05, 0.1) is 5.57 Å². The monoisotopic (exact) mass is 1130 g/mol. The van der Waals surface area contributed by atoms with Crippen molar-refractivity contribution in [2.24, 2.45) is 0 Å². The Bertz CT molecular complexity index is 1750. The molecule has 0 saturated heterocycles. The van der Waals surface area contributed by atoms with Crippen molar-refractivity contribution in [2.75, 3.05) is 0 Å². The summed E-state index contributed by atoms with van der Waals surface area (Å²) in [5.41, 5.74) is 20.6. The molecule has 0 bridgehead atoms. The van der Waals surface area contributed by atoms with Crippen LogP contribution in [0.1, 0.15) is 371 Å². The summed E-state index contributed by atoms with van der Waals surface area (Å²) in [6.07, 6.45) is 75.6. The van der Waals surface area contributed by atoms with Gasteiger partial charge in [0.2, 0.25) is 11.4 Å². The molecule has 0 saturated carbocycles. The number of allylic oxidation sites excluding steroid dienone is 4. The van der Waals surface area contributed by atoms with Gasteiger partial charge in [-0.05, 0) is 63.8 Å². The summed E-state index contributed by atoms with van der Waals surface area (Å²) in [7, 11) is 0. The van der Waals surface area contributed by atoms with Gasteiger partial charge in [0.15, 0.2) is 0 Å². The number of nitrogens with zero attached hydrogens (tertiary/aromatic N) is 2. The maximum absolute atomic E-state index is 11.7. The van der Waals surface area contributed by atoms with Crippen molar-refractivity contribution in [3.63, 3.8) is 0 Å². The van der Waals surface area contributed by atoms with Gasteiger partial charge in [-0.1, -0.05) is 229 Å². The molecule has 2 nitrogen and oxygen atoms in total. The molecular formula is C76H132N2Ni. The number of unbranched alkanes of at least 4 members (excludes halogenated alkanes) is 45. The van der Waals surface area contributed by atoms with Crippen LogP contribution in [-0.2, 0) is 14.4 Å². The molecule has 2 aromatic carbocycles. The minimum absolute atomic E-state index is 0.916. The predicted molar refractivity (Wildman–Crippen MR) is 352 cm³/mol. The zero-order valence-electron chi connectivity index (χ0n) is 53.8. The fraction of sp³-hybridized carbons (Fsp3) is 0.763. The first kappa shape index (κ1) is 72.9. The minimum atomic E-state index is 0.916. The van der Waals surface area contributed by atoms with Gasteiger partial charge in [0.25, 0.3) is 0 Å². The molecule has 3 heteroatoms. The van der Waals surface area contributed by atoms with Crippen molar-refractivity contribution < 1.29 is 19.1 Å². The molecule has 0 unspecified atom stereocenters. The van der Waals surface area contributed by atoms with Crippen LogP contribution < -0.4 is 0 Å². The second-order valence-electron chi connectivity index (χ2n) is 24.6. The van der Waals surface area contributed by atoms with Crippen molar-refractivity contribution >= 4 is 11.4 Å². The normalized spacial score (nSPS) is 12.8. The Hall–Kier alpha value is -2.25. The van der Waals surface area contributed by atoms with Crippen molar-refractivity contribution in [3.05, 3.63) is 99.6 Å². The van der Waals surface area contributed by atoms with E-state index in [1.165, 1.54) is 333 Å². The first-order valence-corrected chi connectivity index (χ1v) is 36.6. The molecule has 1 heterocycles. The molecule has 0 radical (unpaired) electrons. The molecule has 456 valence electrons. The maximum atomic E-state index is 11.7. The van der Waals surface area contributed by atoms with E-state index in [-0.39, 0.29) is 0 Å². The van der Waals surface area contributed by atoms with E-state index in [0.29, 0.717) is 0 Å². The summed E-state index contributed by atoms with van der Waals surface area (Å²) in [5.74, 6) is 0. The molecule has 0 N–H and O–H groups in total. The Morgan fingerprint density at radius 2 is 0.646 bits per heavy atom. The summed E-state index contributed by atoms with van der Waals surface area (Å²) < 4.78 is 1.48. The van der Waals surface area contributed by atoms with Gasteiger partial charge in [-0.15, -0.1) is 0 Å². The molecule has 0 aromatic heterocycles. The standard InChI is InChI=1S/C42H62N2.2C17H35.Ni/c1-5-7-9-10-11-12-13-14-15-16-17-18-19-20-21-22-23-24-32-40-39(31-8-6-2)41(37-29-25-27-35(3)33-37)44(43)42(40)38-30-26-28-36(4)34-38;2*1-3-5-7-9-11-13-15-17-16-14-12-10-8-6-4-2;/h24-30,32-34H,5-23,31H2,1-4H3;2*1,3-17H2,2H3;. The average molecular weight is 1130 g/mol. The van der Waals surface area contributed by atoms with Gasteiger partial charge in [-0.3, -0.25) is 0 Å². The zero-order chi connectivity index (χ0) is 56.7. The van der Waals surface area contributed by atoms with Gasteiger partial charge >= 0.3 is 166 Å². The van der Waals surface area contributed by atoms with Crippen molar-refractivity contribution in [2.45, 2.75) is 373 Å². The third kappa shape index (κ3) is 39.8. The van der Waals surface area contributed by atoms with Crippen LogP contribution in [0.3, 0.4) is 0 Å². The Balaban J connectivity index is 0.000000557. The number of hydrogen-bond acceptors (Lipinski definition) is 0. The molecule has 2 aromatic rings. The fourth-order valence-corrected chi connectivity index (χ4v) is 13.0. The van der Waals surface area contributed by atoms with Crippen molar-refractivity contribution in [1.29, 1.82) is 0 Å². The molecule has 0 fully saturated rings. The van der Waals surface area contributed by atoms with E-state index in [4.69, 9.17) is 0 Å². The quantitative estimate of drug-likeness (QED) is 0.0358. The Morgan fingerprint density at radius 1 is 0.354 bits per heavy atom. The number of aryl methyl sites for hydroxylation is 2. The third-order valence-corrected chi connectivity index (χ3v) is 18.2. The molecule has 0 aliphatic carbocycles. The molecule has 0 spiro atoms. The fourth-order valence-electron chi connectivity index (χ4n) is 11.7. The van der Waals surface area contributed by atoms with Crippen LogP contribution in [-0.4, -0.2) is 4.70 Å². The summed E-state index contributed by atoms with van der Waals surface area (Å²) >= 11 is 2.04. The topological polar surface area (TPSA) is 25.3 Å². The SMILES string of the molecule is CCCCCCCCCCCCCCCCCCC=CC1=C(c2cccc(C)c2)[N+](=[N-])C(c2cccc(C)c2)=C1CCCC.CCCCCCCCCCCCCCCC[CH2][Ni][CH2]CCCCCCCCCCCCCCCC.